The maximum atomic E-state index is 12.0. The molecule has 1 heterocycles. The summed E-state index contributed by atoms with van der Waals surface area (Å²) in [6.07, 6.45) is 0. The van der Waals surface area contributed by atoms with Crippen LogP contribution in [0.2, 0.25) is 0 Å². The van der Waals surface area contributed by atoms with E-state index in [2.05, 4.69) is 20.3 Å². The second-order valence-corrected chi connectivity index (χ2v) is 4.54. The highest BCUT2D eigenvalue weighted by Crippen LogP contribution is 2.15. The van der Waals surface area contributed by atoms with Gasteiger partial charge in [0.2, 0.25) is 0 Å². The fourth-order valence-corrected chi connectivity index (χ4v) is 1.96. The number of hydrogen-bond acceptors (Lipinski definition) is 3. The van der Waals surface area contributed by atoms with Gasteiger partial charge in [-0.15, -0.1) is 0 Å². The number of ether oxygens (including phenoxy) is 1. The van der Waals surface area contributed by atoms with E-state index in [9.17, 15) is 8.78 Å². The normalized spacial score (nSPS) is 11.1. The molecule has 0 aliphatic carbocycles. The highest BCUT2D eigenvalue weighted by Gasteiger charge is 2.06. The van der Waals surface area contributed by atoms with Crippen LogP contribution in [0.25, 0.3) is 0 Å². The van der Waals surface area contributed by atoms with Crippen LogP contribution in [0.5, 0.6) is 5.75 Å². The Morgan fingerprint density at radius 3 is 2.45 bits per heavy atom. The number of rotatable bonds is 6. The topological polar surface area (TPSA) is 49.9 Å². The third-order valence-electron chi connectivity index (χ3n) is 3.06. The van der Waals surface area contributed by atoms with Gasteiger partial charge < -0.3 is 10.1 Å². The molecule has 0 atom stereocenters. The quantitative estimate of drug-likeness (QED) is 0.856. The molecule has 0 saturated heterocycles. The first-order valence-electron chi connectivity index (χ1n) is 6.31. The van der Waals surface area contributed by atoms with Gasteiger partial charge in [-0.2, -0.15) is 13.9 Å². The summed E-state index contributed by atoms with van der Waals surface area (Å²) in [5.74, 6) is 0.172. The summed E-state index contributed by atoms with van der Waals surface area (Å²) in [4.78, 5) is 0. The Hall–Kier alpha value is -1.95. The van der Waals surface area contributed by atoms with Crippen LogP contribution in [-0.4, -0.2) is 16.8 Å². The summed E-state index contributed by atoms with van der Waals surface area (Å²) in [5, 5.41) is 10.4. The van der Waals surface area contributed by atoms with Gasteiger partial charge in [0.15, 0.2) is 0 Å². The van der Waals surface area contributed by atoms with Crippen molar-refractivity contribution in [3.05, 3.63) is 46.8 Å². The zero-order chi connectivity index (χ0) is 14.5. The molecule has 1 aromatic carbocycles. The molecule has 2 aromatic rings. The van der Waals surface area contributed by atoms with Crippen LogP contribution < -0.4 is 10.1 Å². The molecule has 2 N–H and O–H groups in total. The van der Waals surface area contributed by atoms with Gasteiger partial charge in [-0.25, -0.2) is 0 Å². The second-order valence-electron chi connectivity index (χ2n) is 4.54. The molecule has 0 aliphatic heterocycles. The van der Waals surface area contributed by atoms with Crippen LogP contribution in [-0.2, 0) is 13.1 Å². The number of hydrogen-bond donors (Lipinski definition) is 2. The Kier molecular flexibility index (Phi) is 4.68. The predicted octanol–water partition coefficient (Wildman–Crippen LogP) is 2.92. The molecule has 1 aromatic heterocycles. The monoisotopic (exact) mass is 281 g/mol. The Balaban J connectivity index is 1.85. The zero-order valence-corrected chi connectivity index (χ0v) is 11.4. The van der Waals surface area contributed by atoms with Crippen LogP contribution in [0.4, 0.5) is 8.78 Å². The zero-order valence-electron chi connectivity index (χ0n) is 11.4. The molecule has 20 heavy (non-hydrogen) atoms. The molecule has 0 fully saturated rings. The SMILES string of the molecule is Cc1n[nH]c(C)c1CNCc1ccc(OC(F)F)cc1. The molecule has 0 saturated carbocycles. The fraction of sp³-hybridized carbons (Fsp3) is 0.357. The summed E-state index contributed by atoms with van der Waals surface area (Å²) in [6, 6.07) is 6.61. The van der Waals surface area contributed by atoms with Crippen molar-refractivity contribution in [2.75, 3.05) is 0 Å². The Morgan fingerprint density at radius 2 is 1.90 bits per heavy atom. The highest BCUT2D eigenvalue weighted by molar-refractivity contribution is 5.27. The minimum atomic E-state index is -2.79. The van der Waals surface area contributed by atoms with Gasteiger partial charge in [0.25, 0.3) is 0 Å². The number of benzene rings is 1. The van der Waals surface area contributed by atoms with Crippen LogP contribution >= 0.6 is 0 Å². The number of H-pyrrole nitrogens is 1. The first kappa shape index (κ1) is 14.5. The average molecular weight is 281 g/mol. The van der Waals surface area contributed by atoms with E-state index in [1.165, 1.54) is 12.1 Å². The highest BCUT2D eigenvalue weighted by atomic mass is 19.3. The van der Waals surface area contributed by atoms with Gasteiger partial charge in [-0.05, 0) is 31.5 Å². The standard InChI is InChI=1S/C14H17F2N3O/c1-9-13(10(2)19-18-9)8-17-7-11-3-5-12(6-4-11)20-14(15)16/h3-6,14,17H,7-8H2,1-2H3,(H,18,19). The molecule has 4 nitrogen and oxygen atoms in total. The lowest BCUT2D eigenvalue weighted by atomic mass is 10.2. The van der Waals surface area contributed by atoms with Gasteiger partial charge in [-0.1, -0.05) is 12.1 Å². The van der Waals surface area contributed by atoms with Crippen molar-refractivity contribution in [3.63, 3.8) is 0 Å². The summed E-state index contributed by atoms with van der Waals surface area (Å²) < 4.78 is 28.3. The van der Waals surface area contributed by atoms with Gasteiger partial charge in [-0.3, -0.25) is 5.10 Å². The van der Waals surface area contributed by atoms with Crippen LogP contribution in [0.3, 0.4) is 0 Å². The lowest BCUT2D eigenvalue weighted by Gasteiger charge is -2.07. The van der Waals surface area contributed by atoms with Crippen molar-refractivity contribution in [3.8, 4) is 5.75 Å². The van der Waals surface area contributed by atoms with Crippen LogP contribution in [0.1, 0.15) is 22.5 Å². The largest absolute Gasteiger partial charge is 0.435 e. The number of aryl methyl sites for hydroxylation is 2. The van der Waals surface area contributed by atoms with Crippen LogP contribution in [0, 0.1) is 13.8 Å². The predicted molar refractivity (Wildman–Crippen MR) is 71.7 cm³/mol. The van der Waals surface area contributed by atoms with Gasteiger partial charge in [0.05, 0.1) is 5.69 Å². The van der Waals surface area contributed by atoms with E-state index in [0.29, 0.717) is 13.1 Å². The molecule has 0 unspecified atom stereocenters. The van der Waals surface area contributed by atoms with E-state index in [-0.39, 0.29) is 5.75 Å². The number of aromatic amines is 1. The van der Waals surface area contributed by atoms with Crippen molar-refractivity contribution >= 4 is 0 Å². The van der Waals surface area contributed by atoms with E-state index in [4.69, 9.17) is 0 Å². The van der Waals surface area contributed by atoms with Crippen molar-refractivity contribution in [1.82, 2.24) is 15.5 Å². The third kappa shape index (κ3) is 3.77. The number of nitrogens with zero attached hydrogens (tertiary/aromatic N) is 1. The fourth-order valence-electron chi connectivity index (χ4n) is 1.96. The minimum Gasteiger partial charge on any atom is -0.435 e. The summed E-state index contributed by atoms with van der Waals surface area (Å²) in [6.45, 7) is 2.51. The van der Waals surface area contributed by atoms with Crippen LogP contribution in [0.15, 0.2) is 24.3 Å². The number of nitrogens with one attached hydrogen (secondary N) is 2. The van der Waals surface area contributed by atoms with E-state index < -0.39 is 6.61 Å². The maximum Gasteiger partial charge on any atom is 0.387 e. The molecule has 0 spiro atoms. The summed E-state index contributed by atoms with van der Waals surface area (Å²) in [5.41, 5.74) is 4.19. The molecule has 0 amide bonds. The molecular weight excluding hydrogens is 264 g/mol. The van der Waals surface area contributed by atoms with Crippen molar-refractivity contribution in [2.45, 2.75) is 33.5 Å². The number of alkyl halides is 2. The van der Waals surface area contributed by atoms with E-state index in [1.54, 1.807) is 12.1 Å². The lowest BCUT2D eigenvalue weighted by Crippen LogP contribution is -2.13. The van der Waals surface area contributed by atoms with E-state index in [1.807, 2.05) is 13.8 Å². The van der Waals surface area contributed by atoms with Crippen molar-refractivity contribution in [2.24, 2.45) is 0 Å². The average Bonchev–Trinajstić information content (AvgIpc) is 2.72. The number of halogens is 2. The summed E-state index contributed by atoms with van der Waals surface area (Å²) in [7, 11) is 0. The molecule has 0 bridgehead atoms. The third-order valence-corrected chi connectivity index (χ3v) is 3.06. The Morgan fingerprint density at radius 1 is 1.20 bits per heavy atom. The Labute approximate surface area is 116 Å². The van der Waals surface area contributed by atoms with Gasteiger partial charge in [0.1, 0.15) is 5.75 Å². The molecule has 0 aliphatic rings. The summed E-state index contributed by atoms with van der Waals surface area (Å²) >= 11 is 0. The first-order valence-corrected chi connectivity index (χ1v) is 6.31. The van der Waals surface area contributed by atoms with E-state index >= 15 is 0 Å². The molecule has 6 heteroatoms. The molecule has 108 valence electrons. The number of aromatic nitrogens is 2. The van der Waals surface area contributed by atoms with Crippen molar-refractivity contribution in [1.29, 1.82) is 0 Å². The maximum absolute atomic E-state index is 12.0. The van der Waals surface area contributed by atoms with E-state index in [0.717, 1.165) is 22.5 Å². The van der Waals surface area contributed by atoms with Gasteiger partial charge >= 0.3 is 6.61 Å². The lowest BCUT2D eigenvalue weighted by molar-refractivity contribution is -0.0498. The minimum absolute atomic E-state index is 0.172. The first-order chi connectivity index (χ1) is 9.56. The molecule has 2 rings (SSSR count). The smallest absolute Gasteiger partial charge is 0.387 e. The second kappa shape index (κ2) is 6.47. The molecule has 0 radical (unpaired) electrons. The van der Waals surface area contributed by atoms with Crippen molar-refractivity contribution < 1.29 is 13.5 Å². The molecular formula is C14H17F2N3O. The Bertz CT molecular complexity index is 533. The van der Waals surface area contributed by atoms with Gasteiger partial charge in [0, 0.05) is 24.3 Å².